The Labute approximate surface area is 146 Å². The molecule has 2 aliphatic rings. The van der Waals surface area contributed by atoms with E-state index in [-0.39, 0.29) is 11.9 Å². The number of nitrogens with one attached hydrogen (secondary N) is 1. The number of pyridine rings is 1. The molecule has 2 atom stereocenters. The predicted octanol–water partition coefficient (Wildman–Crippen LogP) is 3.01. The van der Waals surface area contributed by atoms with Gasteiger partial charge in [-0.1, -0.05) is 0 Å². The number of hydrogen-bond donors (Lipinski definition) is 1. The van der Waals surface area contributed by atoms with E-state index in [1.54, 1.807) is 11.3 Å². The Balaban J connectivity index is 1.44. The molecule has 1 amide bonds. The molecular formula is C19H22N2O2S. The van der Waals surface area contributed by atoms with Crippen molar-refractivity contribution in [3.05, 3.63) is 51.5 Å². The number of aromatic nitrogens is 1. The zero-order chi connectivity index (χ0) is 16.4. The Hall–Kier alpha value is -1.72. The molecule has 1 aliphatic carbocycles. The summed E-state index contributed by atoms with van der Waals surface area (Å²) in [5.41, 5.74) is 3.91. The van der Waals surface area contributed by atoms with Crippen molar-refractivity contribution in [1.82, 2.24) is 10.3 Å². The van der Waals surface area contributed by atoms with Crippen LogP contribution in [0, 0.1) is 5.92 Å². The summed E-state index contributed by atoms with van der Waals surface area (Å²) in [4.78, 5) is 17.7. The molecular weight excluding hydrogens is 320 g/mol. The Kier molecular flexibility index (Phi) is 4.63. The van der Waals surface area contributed by atoms with Gasteiger partial charge < -0.3 is 10.1 Å². The van der Waals surface area contributed by atoms with Crippen molar-refractivity contribution in [2.24, 2.45) is 5.92 Å². The molecule has 4 rings (SSSR count). The third kappa shape index (κ3) is 3.23. The van der Waals surface area contributed by atoms with Gasteiger partial charge >= 0.3 is 0 Å². The lowest BCUT2D eigenvalue weighted by atomic mass is 9.93. The topological polar surface area (TPSA) is 51.2 Å². The fraction of sp³-hybridized carbons (Fsp3) is 0.474. The quantitative estimate of drug-likeness (QED) is 0.929. The maximum atomic E-state index is 12.8. The highest BCUT2D eigenvalue weighted by atomic mass is 32.1. The van der Waals surface area contributed by atoms with Crippen molar-refractivity contribution in [3.63, 3.8) is 0 Å². The lowest BCUT2D eigenvalue weighted by molar-refractivity contribution is 0.0928. The van der Waals surface area contributed by atoms with Gasteiger partial charge in [0.15, 0.2) is 0 Å². The summed E-state index contributed by atoms with van der Waals surface area (Å²) in [6.07, 6.45) is 9.15. The minimum absolute atomic E-state index is 0.0818. The maximum Gasteiger partial charge on any atom is 0.261 e. The second-order valence-electron chi connectivity index (χ2n) is 6.71. The van der Waals surface area contributed by atoms with E-state index in [2.05, 4.69) is 15.7 Å². The molecule has 0 radical (unpaired) electrons. The van der Waals surface area contributed by atoms with Crippen LogP contribution in [0.3, 0.4) is 0 Å². The average molecular weight is 342 g/mol. The Morgan fingerprint density at radius 3 is 2.96 bits per heavy atom. The molecule has 2 aromatic heterocycles. The van der Waals surface area contributed by atoms with Crippen molar-refractivity contribution in [2.45, 2.75) is 38.1 Å². The molecule has 2 aromatic rings. The van der Waals surface area contributed by atoms with E-state index in [0.717, 1.165) is 24.1 Å². The van der Waals surface area contributed by atoms with Gasteiger partial charge in [0, 0.05) is 18.3 Å². The standard InChI is InChI=1S/C19H22N2O2S/c22-19(18-16-4-2-1-3-14(16)12-24-18)21-17-11-23-10-15(17)9-13-5-7-20-8-6-13/h5-8,12,15,17H,1-4,9-11H2,(H,21,22)/t15-,17-/m1/s1. The fourth-order valence-corrected chi connectivity index (χ4v) is 4.79. The molecule has 3 heterocycles. The lowest BCUT2D eigenvalue weighted by Gasteiger charge is -2.20. The molecule has 1 fully saturated rings. The predicted molar refractivity (Wildman–Crippen MR) is 94.5 cm³/mol. The fourth-order valence-electron chi connectivity index (χ4n) is 3.72. The summed E-state index contributed by atoms with van der Waals surface area (Å²) in [6.45, 7) is 1.31. The smallest absolute Gasteiger partial charge is 0.261 e. The van der Waals surface area contributed by atoms with Crippen molar-refractivity contribution >= 4 is 17.2 Å². The molecule has 1 aliphatic heterocycles. The first-order chi connectivity index (χ1) is 11.8. The minimum atomic E-state index is 0.0818. The SMILES string of the molecule is O=C(N[C@@H]1COC[C@H]1Cc1ccncc1)c1scc2c1CCCC2. The van der Waals surface area contributed by atoms with Crippen LogP contribution in [0.15, 0.2) is 29.9 Å². The molecule has 1 saturated heterocycles. The first-order valence-corrected chi connectivity index (χ1v) is 9.56. The molecule has 126 valence electrons. The number of thiophene rings is 1. The molecule has 24 heavy (non-hydrogen) atoms. The lowest BCUT2D eigenvalue weighted by Crippen LogP contribution is -2.40. The number of carbonyl (C=O) groups is 1. The second kappa shape index (κ2) is 7.03. The summed E-state index contributed by atoms with van der Waals surface area (Å²) >= 11 is 1.60. The van der Waals surface area contributed by atoms with Crippen molar-refractivity contribution in [3.8, 4) is 0 Å². The average Bonchev–Trinajstić information content (AvgIpc) is 3.23. The maximum absolute atomic E-state index is 12.8. The first kappa shape index (κ1) is 15.8. The molecule has 0 saturated carbocycles. The van der Waals surface area contributed by atoms with Gasteiger partial charge in [0.05, 0.1) is 24.1 Å². The van der Waals surface area contributed by atoms with Crippen LogP contribution in [0.1, 0.15) is 39.2 Å². The van der Waals surface area contributed by atoms with E-state index in [1.807, 2.05) is 24.5 Å². The van der Waals surface area contributed by atoms with Gasteiger partial charge in [0.25, 0.3) is 5.91 Å². The molecule has 5 heteroatoms. The molecule has 0 aromatic carbocycles. The highest BCUT2D eigenvalue weighted by Crippen LogP contribution is 2.30. The Morgan fingerprint density at radius 1 is 1.25 bits per heavy atom. The van der Waals surface area contributed by atoms with Crippen LogP contribution in [0.5, 0.6) is 0 Å². The molecule has 0 bridgehead atoms. The summed E-state index contributed by atoms with van der Waals surface area (Å²) in [7, 11) is 0. The van der Waals surface area contributed by atoms with Crippen LogP contribution in [0.25, 0.3) is 0 Å². The molecule has 4 nitrogen and oxygen atoms in total. The highest BCUT2D eigenvalue weighted by Gasteiger charge is 2.31. The van der Waals surface area contributed by atoms with E-state index in [9.17, 15) is 4.79 Å². The van der Waals surface area contributed by atoms with E-state index in [4.69, 9.17) is 4.74 Å². The van der Waals surface area contributed by atoms with Crippen LogP contribution in [0.4, 0.5) is 0 Å². The summed E-state index contributed by atoms with van der Waals surface area (Å²) in [5.74, 6) is 0.408. The van der Waals surface area contributed by atoms with Gasteiger partial charge in [0.2, 0.25) is 0 Å². The summed E-state index contributed by atoms with van der Waals surface area (Å²) in [6, 6.07) is 4.16. The third-order valence-corrected chi connectivity index (χ3v) is 6.14. The van der Waals surface area contributed by atoms with Gasteiger partial charge in [-0.2, -0.15) is 0 Å². The first-order valence-electron chi connectivity index (χ1n) is 8.68. The van der Waals surface area contributed by atoms with Crippen LogP contribution in [0.2, 0.25) is 0 Å². The zero-order valence-corrected chi connectivity index (χ0v) is 14.5. The monoisotopic (exact) mass is 342 g/mol. The summed E-state index contributed by atoms with van der Waals surface area (Å²) < 4.78 is 5.65. The Morgan fingerprint density at radius 2 is 2.08 bits per heavy atom. The van der Waals surface area contributed by atoms with Crippen LogP contribution < -0.4 is 5.32 Å². The van der Waals surface area contributed by atoms with Crippen molar-refractivity contribution < 1.29 is 9.53 Å². The number of amides is 1. The normalized spacial score (nSPS) is 23.0. The molecule has 0 unspecified atom stereocenters. The number of rotatable bonds is 4. The second-order valence-corrected chi connectivity index (χ2v) is 7.59. The number of fused-ring (bicyclic) bond motifs is 1. The van der Waals surface area contributed by atoms with E-state index in [1.165, 1.54) is 29.5 Å². The minimum Gasteiger partial charge on any atom is -0.379 e. The van der Waals surface area contributed by atoms with Crippen LogP contribution in [-0.4, -0.2) is 30.1 Å². The molecule has 0 spiro atoms. The highest BCUT2D eigenvalue weighted by molar-refractivity contribution is 7.12. The number of carbonyl (C=O) groups excluding carboxylic acids is 1. The van der Waals surface area contributed by atoms with Crippen LogP contribution >= 0.6 is 11.3 Å². The van der Waals surface area contributed by atoms with Gasteiger partial charge in [-0.15, -0.1) is 11.3 Å². The number of hydrogen-bond acceptors (Lipinski definition) is 4. The number of ether oxygens (including phenoxy) is 1. The van der Waals surface area contributed by atoms with E-state index >= 15 is 0 Å². The number of nitrogens with zero attached hydrogens (tertiary/aromatic N) is 1. The van der Waals surface area contributed by atoms with Gasteiger partial charge in [0.1, 0.15) is 0 Å². The van der Waals surface area contributed by atoms with Crippen molar-refractivity contribution in [1.29, 1.82) is 0 Å². The van der Waals surface area contributed by atoms with Crippen molar-refractivity contribution in [2.75, 3.05) is 13.2 Å². The van der Waals surface area contributed by atoms with Gasteiger partial charge in [-0.25, -0.2) is 0 Å². The Bertz CT molecular complexity index is 713. The molecule has 1 N–H and O–H groups in total. The number of aryl methyl sites for hydroxylation is 1. The zero-order valence-electron chi connectivity index (χ0n) is 13.7. The van der Waals surface area contributed by atoms with E-state index < -0.39 is 0 Å². The van der Waals surface area contributed by atoms with E-state index in [0.29, 0.717) is 19.1 Å². The van der Waals surface area contributed by atoms with Crippen LogP contribution in [-0.2, 0) is 24.0 Å². The third-order valence-electron chi connectivity index (χ3n) is 5.07. The largest absolute Gasteiger partial charge is 0.379 e. The van der Waals surface area contributed by atoms with Gasteiger partial charge in [-0.05, 0) is 66.3 Å². The summed E-state index contributed by atoms with van der Waals surface area (Å²) in [5, 5.41) is 5.40. The van der Waals surface area contributed by atoms with Gasteiger partial charge in [-0.3, -0.25) is 9.78 Å².